The quantitative estimate of drug-likeness (QED) is 0.230. The van der Waals surface area contributed by atoms with Crippen molar-refractivity contribution in [2.75, 3.05) is 10.6 Å². The Morgan fingerprint density at radius 3 is 1.67 bits per heavy atom. The van der Waals surface area contributed by atoms with Crippen LogP contribution in [-0.2, 0) is 0 Å². The zero-order valence-electron chi connectivity index (χ0n) is 21.3. The van der Waals surface area contributed by atoms with E-state index in [4.69, 9.17) is 5.73 Å². The maximum atomic E-state index is 5.88. The maximum absolute atomic E-state index is 5.88. The molecule has 6 aromatic carbocycles. The lowest BCUT2D eigenvalue weighted by Crippen LogP contribution is -2.09. The second-order valence-electron chi connectivity index (χ2n) is 9.67. The van der Waals surface area contributed by atoms with Crippen molar-refractivity contribution >= 4 is 54.3 Å². The fourth-order valence-electron chi connectivity index (χ4n) is 5.27. The van der Waals surface area contributed by atoms with Gasteiger partial charge in [-0.3, -0.25) is 0 Å². The third kappa shape index (κ3) is 4.33. The number of rotatable bonds is 5. The predicted molar refractivity (Wildman–Crippen MR) is 169 cm³/mol. The number of hydrogen-bond acceptors (Lipinski definition) is 3. The van der Waals surface area contributed by atoms with Gasteiger partial charge in [0.1, 0.15) is 0 Å². The number of nitrogens with two attached hydrogens (primary N) is 1. The summed E-state index contributed by atoms with van der Waals surface area (Å²) in [6.45, 7) is 0. The van der Waals surface area contributed by atoms with Crippen LogP contribution < -0.4 is 10.6 Å². The number of para-hydroxylation sites is 1. The average molecular weight is 519 g/mol. The molecule has 2 nitrogen and oxygen atoms in total. The molecule has 0 radical (unpaired) electrons. The largest absolute Gasteiger partial charge is 0.399 e. The van der Waals surface area contributed by atoms with Gasteiger partial charge in [0, 0.05) is 42.9 Å². The molecule has 39 heavy (non-hydrogen) atoms. The molecule has 1 aromatic heterocycles. The van der Waals surface area contributed by atoms with Crippen molar-refractivity contribution in [1.82, 2.24) is 0 Å². The molecular formula is C36H26N2S. The summed E-state index contributed by atoms with van der Waals surface area (Å²) in [7, 11) is 0. The predicted octanol–water partition coefficient (Wildman–Crippen LogP) is 10.4. The maximum Gasteiger partial charge on any atom is 0.0462 e. The van der Waals surface area contributed by atoms with Gasteiger partial charge in [0.2, 0.25) is 0 Å². The lowest BCUT2D eigenvalue weighted by Gasteiger charge is -2.26. The van der Waals surface area contributed by atoms with E-state index in [2.05, 4.69) is 138 Å². The van der Waals surface area contributed by atoms with Gasteiger partial charge in [0.05, 0.1) is 0 Å². The Hall–Kier alpha value is -4.86. The van der Waals surface area contributed by atoms with E-state index < -0.39 is 0 Å². The van der Waals surface area contributed by atoms with Crippen molar-refractivity contribution in [1.29, 1.82) is 0 Å². The standard InChI is InChI=1S/C36H26N2S/c37-28-19-13-25(14-20-28)26-15-21-30(22-16-26)38(29-7-2-1-3-8-29)31-23-17-27(18-24-31)32-10-6-11-34-33-9-4-5-12-35(33)39-36(32)34/h1-24H,37H2. The Balaban J connectivity index is 1.28. The monoisotopic (exact) mass is 518 g/mol. The van der Waals surface area contributed by atoms with E-state index >= 15 is 0 Å². The third-order valence-electron chi connectivity index (χ3n) is 7.22. The number of anilines is 4. The number of thiophene rings is 1. The molecule has 0 spiro atoms. The first kappa shape index (κ1) is 23.3. The highest BCUT2D eigenvalue weighted by Gasteiger charge is 2.14. The fourth-order valence-corrected chi connectivity index (χ4v) is 6.51. The van der Waals surface area contributed by atoms with Gasteiger partial charge in [-0.2, -0.15) is 0 Å². The fraction of sp³-hybridized carbons (Fsp3) is 0. The Labute approximate surface area is 232 Å². The molecule has 0 bridgehead atoms. The number of nitrogen functional groups attached to an aromatic ring is 1. The summed E-state index contributed by atoms with van der Waals surface area (Å²) >= 11 is 1.87. The Kier molecular flexibility index (Phi) is 5.84. The summed E-state index contributed by atoms with van der Waals surface area (Å²) < 4.78 is 2.67. The molecule has 2 N–H and O–H groups in total. The van der Waals surface area contributed by atoms with Gasteiger partial charge < -0.3 is 10.6 Å². The van der Waals surface area contributed by atoms with Crippen molar-refractivity contribution in [3.8, 4) is 22.3 Å². The van der Waals surface area contributed by atoms with Crippen molar-refractivity contribution in [3.63, 3.8) is 0 Å². The molecule has 0 aliphatic carbocycles. The number of hydrogen-bond donors (Lipinski definition) is 1. The summed E-state index contributed by atoms with van der Waals surface area (Å²) in [5.41, 5.74) is 14.8. The molecular weight excluding hydrogens is 492 g/mol. The SMILES string of the molecule is Nc1ccc(-c2ccc(N(c3ccccc3)c3ccc(-c4cccc5c4sc4ccccc45)cc3)cc2)cc1. The molecule has 3 heteroatoms. The third-order valence-corrected chi connectivity index (χ3v) is 8.44. The molecule has 0 atom stereocenters. The summed E-state index contributed by atoms with van der Waals surface area (Å²) in [6, 6.07) is 51.5. The van der Waals surface area contributed by atoms with E-state index in [1.165, 1.54) is 36.9 Å². The first-order valence-corrected chi connectivity index (χ1v) is 13.9. The van der Waals surface area contributed by atoms with Crippen molar-refractivity contribution in [3.05, 3.63) is 146 Å². The molecule has 0 aliphatic rings. The van der Waals surface area contributed by atoms with E-state index in [0.29, 0.717) is 0 Å². The molecule has 186 valence electrons. The minimum absolute atomic E-state index is 0.776. The van der Waals surface area contributed by atoms with Gasteiger partial charge in [-0.25, -0.2) is 0 Å². The van der Waals surface area contributed by atoms with E-state index in [9.17, 15) is 0 Å². The first-order valence-electron chi connectivity index (χ1n) is 13.1. The molecule has 0 amide bonds. The lowest BCUT2D eigenvalue weighted by molar-refractivity contribution is 1.28. The highest BCUT2D eigenvalue weighted by molar-refractivity contribution is 7.26. The van der Waals surface area contributed by atoms with Crippen molar-refractivity contribution < 1.29 is 0 Å². The summed E-state index contributed by atoms with van der Waals surface area (Å²) in [5.74, 6) is 0. The lowest BCUT2D eigenvalue weighted by atomic mass is 10.0. The van der Waals surface area contributed by atoms with Gasteiger partial charge in [0.25, 0.3) is 0 Å². The van der Waals surface area contributed by atoms with Crippen LogP contribution in [-0.4, -0.2) is 0 Å². The van der Waals surface area contributed by atoms with Crippen molar-refractivity contribution in [2.24, 2.45) is 0 Å². The van der Waals surface area contributed by atoms with Gasteiger partial charge in [-0.05, 0) is 76.9 Å². The second-order valence-corrected chi connectivity index (χ2v) is 10.7. The number of nitrogens with zero attached hydrogens (tertiary/aromatic N) is 1. The minimum Gasteiger partial charge on any atom is -0.399 e. The molecule has 0 unspecified atom stereocenters. The van der Waals surface area contributed by atoms with Crippen LogP contribution in [0.2, 0.25) is 0 Å². The van der Waals surface area contributed by atoms with Crippen LogP contribution in [0.4, 0.5) is 22.7 Å². The molecule has 7 aromatic rings. The highest BCUT2D eigenvalue weighted by atomic mass is 32.1. The van der Waals surface area contributed by atoms with Crippen LogP contribution in [0.1, 0.15) is 0 Å². The van der Waals surface area contributed by atoms with Crippen LogP contribution in [0, 0.1) is 0 Å². The van der Waals surface area contributed by atoms with Gasteiger partial charge in [-0.1, -0.05) is 91.0 Å². The topological polar surface area (TPSA) is 29.3 Å². The Morgan fingerprint density at radius 1 is 0.436 bits per heavy atom. The molecule has 7 rings (SSSR count). The molecule has 0 saturated carbocycles. The molecule has 0 fully saturated rings. The van der Waals surface area contributed by atoms with Crippen molar-refractivity contribution in [2.45, 2.75) is 0 Å². The van der Waals surface area contributed by atoms with Crippen LogP contribution in [0.3, 0.4) is 0 Å². The number of fused-ring (bicyclic) bond motifs is 3. The van der Waals surface area contributed by atoms with E-state index in [0.717, 1.165) is 28.3 Å². The molecule has 0 aliphatic heterocycles. The summed E-state index contributed by atoms with van der Waals surface area (Å²) in [6.07, 6.45) is 0. The molecule has 1 heterocycles. The summed E-state index contributed by atoms with van der Waals surface area (Å²) in [5, 5.41) is 2.65. The van der Waals surface area contributed by atoms with Crippen LogP contribution >= 0.6 is 11.3 Å². The van der Waals surface area contributed by atoms with Gasteiger partial charge in [0.15, 0.2) is 0 Å². The van der Waals surface area contributed by atoms with E-state index in [1.54, 1.807) is 0 Å². The minimum atomic E-state index is 0.776. The van der Waals surface area contributed by atoms with E-state index in [1.807, 2.05) is 23.5 Å². The van der Waals surface area contributed by atoms with E-state index in [-0.39, 0.29) is 0 Å². The smallest absolute Gasteiger partial charge is 0.0462 e. The summed E-state index contributed by atoms with van der Waals surface area (Å²) in [4.78, 5) is 2.30. The van der Waals surface area contributed by atoms with Gasteiger partial charge in [-0.15, -0.1) is 11.3 Å². The first-order chi connectivity index (χ1) is 19.2. The second kappa shape index (κ2) is 9.79. The van der Waals surface area contributed by atoms with Gasteiger partial charge >= 0.3 is 0 Å². The van der Waals surface area contributed by atoms with Crippen LogP contribution in [0.15, 0.2) is 146 Å². The zero-order valence-corrected chi connectivity index (χ0v) is 22.1. The zero-order chi connectivity index (χ0) is 26.2. The highest BCUT2D eigenvalue weighted by Crippen LogP contribution is 2.41. The molecule has 0 saturated heterocycles. The van der Waals surface area contributed by atoms with Crippen LogP contribution in [0.5, 0.6) is 0 Å². The average Bonchev–Trinajstić information content (AvgIpc) is 3.38. The Bertz CT molecular complexity index is 1890. The number of benzene rings is 6. The van der Waals surface area contributed by atoms with Crippen LogP contribution in [0.25, 0.3) is 42.4 Å². The normalized spacial score (nSPS) is 11.2. The Morgan fingerprint density at radius 2 is 0.974 bits per heavy atom.